The Morgan fingerprint density at radius 3 is 0.662 bits per heavy atom. The molecule has 0 bridgehead atoms. The van der Waals surface area contributed by atoms with Gasteiger partial charge >= 0.3 is 11.9 Å². The summed E-state index contributed by atoms with van der Waals surface area (Å²) in [6, 6.07) is -16.6. The highest BCUT2D eigenvalue weighted by atomic mass is 16.4. The average Bonchev–Trinajstić information content (AvgIpc) is 0.857. The highest BCUT2D eigenvalue weighted by Crippen LogP contribution is 2.16. The molecule has 0 aromatic carbocycles. The molecule has 0 aliphatic rings. The van der Waals surface area contributed by atoms with Gasteiger partial charge < -0.3 is 168 Å². The van der Waals surface area contributed by atoms with Gasteiger partial charge in [0.1, 0.15) is 60.4 Å². The number of nitrogens with two attached hydrogens (primary N) is 8. The molecular weight excluding hydrogens is 1700 g/mol. The number of aliphatic hydroxyl groups is 1. The smallest absolute Gasteiger partial charge is 0.328 e. The Bertz CT molecular complexity index is 3620. The molecular formula is C77H148N36O17. The van der Waals surface area contributed by atoms with Gasteiger partial charge in [-0.2, -0.15) is 0 Å². The molecule has 10 atom stereocenters. The van der Waals surface area contributed by atoms with Crippen LogP contribution in [0, 0.1) is 43.3 Å². The number of carboxylic acids is 2. The van der Waals surface area contributed by atoms with Crippen LogP contribution in [0.3, 0.4) is 0 Å². The van der Waals surface area contributed by atoms with Gasteiger partial charge in [0, 0.05) is 58.8 Å². The quantitative estimate of drug-likeness (QED) is 0.0153. The number of rotatable bonds is 75. The third-order valence-corrected chi connectivity index (χ3v) is 19.7. The zero-order chi connectivity index (χ0) is 97.7. The molecule has 0 aromatic heterocycles. The normalized spacial score (nSPS) is 13.0. The minimum Gasteiger partial charge on any atom is -0.481 e. The lowest BCUT2D eigenvalue weighted by Crippen LogP contribution is -2.60. The minimum atomic E-state index is -1.94. The Kier molecular flexibility index (Phi) is 63.5. The van der Waals surface area contributed by atoms with Crippen LogP contribution < -0.4 is 152 Å². The van der Waals surface area contributed by atoms with Gasteiger partial charge in [0.2, 0.25) is 70.9 Å². The zero-order valence-corrected chi connectivity index (χ0v) is 74.6. The largest absolute Gasteiger partial charge is 0.481 e. The molecule has 130 heavy (non-hydrogen) atoms. The van der Waals surface area contributed by atoms with E-state index in [1.807, 2.05) is 5.32 Å². The summed E-state index contributed by atoms with van der Waals surface area (Å²) < 4.78 is 0. The van der Waals surface area contributed by atoms with Crippen molar-refractivity contribution in [1.82, 2.24) is 106 Å². The van der Waals surface area contributed by atoms with E-state index in [0.717, 1.165) is 32.1 Å². The van der Waals surface area contributed by atoms with Gasteiger partial charge in [-0.1, -0.05) is 96.8 Å². The van der Waals surface area contributed by atoms with Gasteiger partial charge in [0.05, 0.1) is 26.1 Å². The molecule has 0 fully saturated rings. The van der Waals surface area contributed by atoms with Crippen LogP contribution in [0.1, 0.15) is 219 Å². The Balaban J connectivity index is 7.65. The summed E-state index contributed by atoms with van der Waals surface area (Å²) in [6.45, 7) is -0.788. The van der Waals surface area contributed by atoms with E-state index in [-0.39, 0.29) is 173 Å². The Hall–Kier alpha value is -13.3. The Labute approximate surface area is 756 Å². The second-order valence-electron chi connectivity index (χ2n) is 30.9. The van der Waals surface area contributed by atoms with E-state index >= 15 is 14.4 Å². The van der Waals surface area contributed by atoms with Crippen molar-refractivity contribution in [2.45, 2.75) is 279 Å². The molecule has 47 N–H and O–H groups in total. The van der Waals surface area contributed by atoms with Gasteiger partial charge in [-0.3, -0.25) is 106 Å². The van der Waals surface area contributed by atoms with Gasteiger partial charge in [-0.25, -0.2) is 4.79 Å². The van der Waals surface area contributed by atoms with Crippen molar-refractivity contribution in [3.8, 4) is 0 Å². The van der Waals surface area contributed by atoms with Crippen LogP contribution in [0.4, 0.5) is 0 Å². The highest BCUT2D eigenvalue weighted by molar-refractivity contribution is 6.00. The van der Waals surface area contributed by atoms with Gasteiger partial charge in [0.25, 0.3) is 0 Å². The molecule has 53 nitrogen and oxygen atoms in total. The Morgan fingerprint density at radius 2 is 0.438 bits per heavy atom. The number of guanidine groups is 8. The van der Waals surface area contributed by atoms with Crippen LogP contribution in [0.25, 0.3) is 0 Å². The van der Waals surface area contributed by atoms with E-state index in [0.29, 0.717) is 6.42 Å². The lowest BCUT2D eigenvalue weighted by atomic mass is 10.0. The van der Waals surface area contributed by atoms with E-state index in [9.17, 15) is 68.1 Å². The monoisotopic (exact) mass is 1850 g/mol. The first-order valence-corrected chi connectivity index (χ1v) is 43.9. The van der Waals surface area contributed by atoms with Crippen molar-refractivity contribution in [1.29, 1.82) is 43.3 Å². The molecule has 0 rings (SSSR count). The number of hydrogen-bond acceptors (Lipinski definition) is 23. The summed E-state index contributed by atoms with van der Waals surface area (Å²) in [4.78, 5) is 194. The van der Waals surface area contributed by atoms with E-state index in [1.165, 1.54) is 57.8 Å². The van der Waals surface area contributed by atoms with Crippen molar-refractivity contribution in [2.75, 3.05) is 72.1 Å². The molecule has 0 saturated heterocycles. The molecule has 0 saturated carbocycles. The van der Waals surface area contributed by atoms with Crippen LogP contribution in [-0.4, -0.2) is 278 Å². The average molecular weight is 1850 g/mol. The lowest BCUT2D eigenvalue weighted by molar-refractivity contribution is -0.144. The number of carbonyl (C=O) groups is 14. The lowest BCUT2D eigenvalue weighted by Gasteiger charge is -2.28. The molecule has 53 heteroatoms. The first-order valence-electron chi connectivity index (χ1n) is 43.9. The van der Waals surface area contributed by atoms with E-state index in [2.05, 4.69) is 108 Å². The first-order chi connectivity index (χ1) is 61.7. The summed E-state index contributed by atoms with van der Waals surface area (Å²) in [7, 11) is 0. The van der Waals surface area contributed by atoms with Crippen LogP contribution >= 0.6 is 0 Å². The van der Waals surface area contributed by atoms with Gasteiger partial charge in [-0.05, 0) is 109 Å². The van der Waals surface area contributed by atoms with Crippen LogP contribution in [0.5, 0.6) is 0 Å². The van der Waals surface area contributed by atoms with Crippen LogP contribution in [0.15, 0.2) is 0 Å². The highest BCUT2D eigenvalue weighted by Gasteiger charge is 2.37. The van der Waals surface area contributed by atoms with Crippen molar-refractivity contribution < 1.29 is 82.4 Å². The fraction of sp³-hybridized carbons (Fsp3) is 0.714. The maximum absolute atomic E-state index is 15.1. The zero-order valence-electron chi connectivity index (χ0n) is 74.6. The predicted molar refractivity (Wildman–Crippen MR) is 485 cm³/mol. The third kappa shape index (κ3) is 61.2. The number of carboxylic acid groups (broad SMARTS) is 2. The molecule has 0 aromatic rings. The summed E-state index contributed by atoms with van der Waals surface area (Å²) in [6.07, 6.45) is 14.1. The topological polar surface area (TPSA) is 939 Å². The summed E-state index contributed by atoms with van der Waals surface area (Å²) >= 11 is 0. The maximum atomic E-state index is 15.1. The Morgan fingerprint density at radius 1 is 0.238 bits per heavy atom. The van der Waals surface area contributed by atoms with Crippen molar-refractivity contribution >= 4 is 131 Å². The number of unbranched alkanes of at least 4 members (excludes halogenated alkanes) is 14. The number of aliphatic hydroxyl groups excluding tert-OH is 1. The number of aliphatic carboxylic acids is 2. The molecule has 0 heterocycles. The van der Waals surface area contributed by atoms with E-state index in [1.54, 1.807) is 0 Å². The SMILES string of the molecule is CCCCCCCCCCCCCCCCCC(=O)NCC(=O)N[C@@H](CCCNC(=N)N)C(=O)N[C@@H](CCCNC(=N)N)C(=O)N[C@@H](CCCNC(=N)N)C(=O)N[C@@H](CCCNC(=N)N)C(=O)N[C@@H](CCCNC(=N)N)C(=O)N[C@@H](CCCNC(=N)N)C(=O)N[C@@H](CCCNC(=N)N)C(=O)N[C@@H](CCCNC(=N)N)C(=O)NCC(=O)N[C@@H](CC(=O)O)C(=O)N[C@@H](CO)C(=O)O. The molecule has 0 unspecified atom stereocenters. The molecule has 12 amide bonds. The number of carbonyl (C=O) groups excluding carboxylic acids is 12. The molecule has 0 spiro atoms. The molecule has 0 aliphatic heterocycles. The molecule has 738 valence electrons. The van der Waals surface area contributed by atoms with Crippen LogP contribution in [0.2, 0.25) is 0 Å². The van der Waals surface area contributed by atoms with Crippen LogP contribution in [-0.2, 0) is 67.1 Å². The third-order valence-electron chi connectivity index (χ3n) is 19.7. The first kappa shape index (κ1) is 117. The van der Waals surface area contributed by atoms with E-state index < -0.39 is 205 Å². The summed E-state index contributed by atoms with van der Waals surface area (Å²) in [5.74, 6) is -19.0. The fourth-order valence-electron chi connectivity index (χ4n) is 12.8. The maximum Gasteiger partial charge on any atom is 0.328 e. The fourth-order valence-corrected chi connectivity index (χ4v) is 12.8. The van der Waals surface area contributed by atoms with Gasteiger partial charge in [0.15, 0.2) is 47.7 Å². The standard InChI is InChI=1S/C77H148N36O17/c1-2-3-4-5-6-7-8-9-10-11-12-13-14-15-16-33-56(115)102-43-57(116)104-47(26-18-35-95-71(80)81)61(121)107-49(28-20-37-97-73(84)85)63(123)109-51(30-22-39-99-75(88)89)65(125)111-53(32-24-41-101-77(92)93)67(127)112-52(31-23-40-100-76(90)91)66(126)110-50(29-21-38-98-74(86)87)64(124)108-48(27-19-36-96-72(82)83)62(122)106-46(25-17-34-94-70(78)79)60(120)103-44-58(117)105-54(42-59(118)119)68(128)113-55(45-114)69(129)130/h46-55,114H,2-45H2,1H3,(H,102,115)(H,103,120)(H,104,116)(H,105,117)(H,106,122)(H,107,121)(H,108,124)(H,109,123)(H,110,126)(H,111,125)(H,112,127)(H,113,128)(H,118,119)(H,129,130)(H4,78,79,94)(H4,80,81,95)(H4,82,83,96)(H4,84,85,97)(H4,86,87,98)(H4,88,89,99)(H4,90,91,100)(H4,92,93,101)/t46-,47-,48-,49-,50-,51-,52-,53-,54-,55-/m0/s1. The summed E-state index contributed by atoms with van der Waals surface area (Å²) in [5, 5.41) is 140. The van der Waals surface area contributed by atoms with Crippen molar-refractivity contribution in [2.24, 2.45) is 45.9 Å². The minimum absolute atomic E-state index is 0.00444. The second-order valence-corrected chi connectivity index (χ2v) is 30.9. The van der Waals surface area contributed by atoms with Crippen molar-refractivity contribution in [3.63, 3.8) is 0 Å². The number of amides is 12. The number of nitrogens with one attached hydrogen (secondary N) is 28. The van der Waals surface area contributed by atoms with E-state index in [4.69, 9.17) is 89.1 Å². The predicted octanol–water partition coefficient (Wildman–Crippen LogP) is -8.01. The summed E-state index contributed by atoms with van der Waals surface area (Å²) in [5.41, 5.74) is 44.4. The second kappa shape index (κ2) is 70.7. The molecule has 0 aliphatic carbocycles. The molecule has 0 radical (unpaired) electrons. The van der Waals surface area contributed by atoms with Gasteiger partial charge in [-0.15, -0.1) is 0 Å². The number of hydrogen-bond donors (Lipinski definition) is 39. The van der Waals surface area contributed by atoms with Crippen molar-refractivity contribution in [3.05, 3.63) is 0 Å².